The van der Waals surface area contributed by atoms with E-state index in [4.69, 9.17) is 16.3 Å². The Balaban J connectivity index is 2.64. The summed E-state index contributed by atoms with van der Waals surface area (Å²) >= 11 is 5.74. The fourth-order valence-corrected chi connectivity index (χ4v) is 1.81. The van der Waals surface area contributed by atoms with E-state index >= 15 is 0 Å². The van der Waals surface area contributed by atoms with E-state index in [-0.39, 0.29) is 6.10 Å². The maximum atomic E-state index is 5.74. The lowest BCUT2D eigenvalue weighted by Gasteiger charge is -2.15. The predicted molar refractivity (Wildman–Crippen MR) is 65.9 cm³/mol. The van der Waals surface area contributed by atoms with E-state index in [1.807, 2.05) is 13.8 Å². The van der Waals surface area contributed by atoms with E-state index in [0.29, 0.717) is 17.8 Å². The number of halogens is 1. The SMILES string of the molecule is Cc1nc(OC(C)CC(C)C)ncc1CCl. The van der Waals surface area contributed by atoms with Crippen molar-refractivity contribution in [3.63, 3.8) is 0 Å². The molecular weight excluding hydrogens is 224 g/mol. The lowest BCUT2D eigenvalue weighted by atomic mass is 10.1. The molecule has 0 aliphatic rings. The highest BCUT2D eigenvalue weighted by atomic mass is 35.5. The molecule has 4 heteroatoms. The van der Waals surface area contributed by atoms with Crippen molar-refractivity contribution in [2.75, 3.05) is 0 Å². The third kappa shape index (κ3) is 3.97. The zero-order valence-corrected chi connectivity index (χ0v) is 11.1. The number of rotatable bonds is 5. The zero-order valence-electron chi connectivity index (χ0n) is 10.3. The fourth-order valence-electron chi connectivity index (χ4n) is 1.55. The van der Waals surface area contributed by atoms with Crippen LogP contribution in [-0.4, -0.2) is 16.1 Å². The Bertz CT molecular complexity index is 342. The van der Waals surface area contributed by atoms with Crippen LogP contribution in [0.1, 0.15) is 38.4 Å². The van der Waals surface area contributed by atoms with Gasteiger partial charge in [-0.3, -0.25) is 0 Å². The highest BCUT2D eigenvalue weighted by molar-refractivity contribution is 6.17. The number of hydrogen-bond acceptors (Lipinski definition) is 3. The second-order valence-corrected chi connectivity index (χ2v) is 4.72. The Morgan fingerprint density at radius 2 is 2.06 bits per heavy atom. The van der Waals surface area contributed by atoms with Crippen LogP contribution in [-0.2, 0) is 5.88 Å². The summed E-state index contributed by atoms with van der Waals surface area (Å²) in [5.41, 5.74) is 1.84. The molecule has 1 aromatic rings. The number of alkyl halides is 1. The van der Waals surface area contributed by atoms with E-state index in [1.54, 1.807) is 6.20 Å². The quantitative estimate of drug-likeness (QED) is 0.743. The van der Waals surface area contributed by atoms with E-state index in [0.717, 1.165) is 17.7 Å². The van der Waals surface area contributed by atoms with Gasteiger partial charge in [-0.2, -0.15) is 0 Å². The van der Waals surface area contributed by atoms with Gasteiger partial charge in [-0.05, 0) is 26.2 Å². The third-order valence-electron chi connectivity index (χ3n) is 2.31. The maximum absolute atomic E-state index is 5.74. The summed E-state index contributed by atoms with van der Waals surface area (Å²) in [7, 11) is 0. The van der Waals surface area contributed by atoms with Gasteiger partial charge in [0.1, 0.15) is 0 Å². The predicted octanol–water partition coefficient (Wildman–Crippen LogP) is 3.34. The smallest absolute Gasteiger partial charge is 0.316 e. The molecule has 0 saturated heterocycles. The molecule has 1 heterocycles. The number of hydrogen-bond donors (Lipinski definition) is 0. The first-order chi connectivity index (χ1) is 7.52. The Kier molecular flexibility index (Phi) is 5.00. The summed E-state index contributed by atoms with van der Waals surface area (Å²) in [5.74, 6) is 1.05. The average molecular weight is 243 g/mol. The molecule has 1 atom stereocenters. The van der Waals surface area contributed by atoms with Crippen LogP contribution in [0.25, 0.3) is 0 Å². The van der Waals surface area contributed by atoms with Crippen LogP contribution >= 0.6 is 11.6 Å². The standard InChI is InChI=1S/C12H19ClN2O/c1-8(2)5-9(3)16-12-14-7-11(6-13)10(4)15-12/h7-9H,5-6H2,1-4H3. The number of aromatic nitrogens is 2. The number of aryl methyl sites for hydroxylation is 1. The third-order valence-corrected chi connectivity index (χ3v) is 2.60. The van der Waals surface area contributed by atoms with Gasteiger partial charge in [0.05, 0.1) is 12.0 Å². The summed E-state index contributed by atoms with van der Waals surface area (Å²) in [5, 5.41) is 0. The first-order valence-corrected chi connectivity index (χ1v) is 6.11. The minimum atomic E-state index is 0.140. The minimum Gasteiger partial charge on any atom is -0.460 e. The van der Waals surface area contributed by atoms with Crippen LogP contribution in [0, 0.1) is 12.8 Å². The first kappa shape index (κ1) is 13.2. The van der Waals surface area contributed by atoms with Crippen molar-refractivity contribution in [3.8, 4) is 6.01 Å². The molecule has 0 aromatic carbocycles. The van der Waals surface area contributed by atoms with Crippen LogP contribution in [0.3, 0.4) is 0 Å². The largest absolute Gasteiger partial charge is 0.460 e. The molecular formula is C12H19ClN2O. The summed E-state index contributed by atoms with van der Waals surface area (Å²) in [6.45, 7) is 8.29. The lowest BCUT2D eigenvalue weighted by molar-refractivity contribution is 0.177. The molecule has 1 rings (SSSR count). The summed E-state index contributed by atoms with van der Waals surface area (Å²) in [6, 6.07) is 0.444. The molecule has 0 aliphatic heterocycles. The van der Waals surface area contributed by atoms with Crippen LogP contribution in [0.5, 0.6) is 6.01 Å². The van der Waals surface area contributed by atoms with Gasteiger partial charge in [0, 0.05) is 17.5 Å². The molecule has 0 saturated carbocycles. The number of ether oxygens (including phenoxy) is 1. The number of nitrogens with zero attached hydrogens (tertiary/aromatic N) is 2. The van der Waals surface area contributed by atoms with E-state index in [2.05, 4.69) is 23.8 Å². The second kappa shape index (κ2) is 6.04. The van der Waals surface area contributed by atoms with Gasteiger partial charge < -0.3 is 4.74 Å². The van der Waals surface area contributed by atoms with Crippen molar-refractivity contribution in [2.24, 2.45) is 5.92 Å². The van der Waals surface area contributed by atoms with Crippen molar-refractivity contribution in [3.05, 3.63) is 17.5 Å². The van der Waals surface area contributed by atoms with Crippen LogP contribution in [0.15, 0.2) is 6.20 Å². The Hall–Kier alpha value is -0.830. The van der Waals surface area contributed by atoms with Crippen LogP contribution in [0.4, 0.5) is 0 Å². The van der Waals surface area contributed by atoms with Crippen LogP contribution in [0.2, 0.25) is 0 Å². The topological polar surface area (TPSA) is 35.0 Å². The highest BCUT2D eigenvalue weighted by Crippen LogP contribution is 2.14. The molecule has 0 spiro atoms. The summed E-state index contributed by atoms with van der Waals surface area (Å²) in [6.07, 6.45) is 2.87. The monoisotopic (exact) mass is 242 g/mol. The minimum absolute atomic E-state index is 0.140. The maximum Gasteiger partial charge on any atom is 0.316 e. The van der Waals surface area contributed by atoms with Crippen molar-refractivity contribution < 1.29 is 4.74 Å². The van der Waals surface area contributed by atoms with E-state index < -0.39 is 0 Å². The van der Waals surface area contributed by atoms with E-state index in [9.17, 15) is 0 Å². The molecule has 90 valence electrons. The first-order valence-electron chi connectivity index (χ1n) is 5.58. The van der Waals surface area contributed by atoms with Gasteiger partial charge in [0.2, 0.25) is 0 Å². The van der Waals surface area contributed by atoms with Gasteiger partial charge in [-0.15, -0.1) is 11.6 Å². The van der Waals surface area contributed by atoms with Gasteiger partial charge in [0.15, 0.2) is 0 Å². The molecule has 0 radical (unpaired) electrons. The van der Waals surface area contributed by atoms with Crippen molar-refractivity contribution in [1.82, 2.24) is 9.97 Å². The molecule has 0 amide bonds. The molecule has 0 N–H and O–H groups in total. The molecule has 0 bridgehead atoms. The Morgan fingerprint density at radius 3 is 2.56 bits per heavy atom. The van der Waals surface area contributed by atoms with Gasteiger partial charge in [0.25, 0.3) is 0 Å². The molecule has 0 fully saturated rings. The van der Waals surface area contributed by atoms with Crippen LogP contribution < -0.4 is 4.74 Å². The lowest BCUT2D eigenvalue weighted by Crippen LogP contribution is -2.16. The van der Waals surface area contributed by atoms with Gasteiger partial charge in [-0.25, -0.2) is 9.97 Å². The van der Waals surface area contributed by atoms with Crippen molar-refractivity contribution in [2.45, 2.75) is 46.1 Å². The summed E-state index contributed by atoms with van der Waals surface area (Å²) in [4.78, 5) is 8.41. The molecule has 3 nitrogen and oxygen atoms in total. The van der Waals surface area contributed by atoms with Gasteiger partial charge in [-0.1, -0.05) is 13.8 Å². The fraction of sp³-hybridized carbons (Fsp3) is 0.667. The second-order valence-electron chi connectivity index (χ2n) is 4.45. The van der Waals surface area contributed by atoms with Crippen molar-refractivity contribution in [1.29, 1.82) is 0 Å². The highest BCUT2D eigenvalue weighted by Gasteiger charge is 2.09. The summed E-state index contributed by atoms with van der Waals surface area (Å²) < 4.78 is 5.64. The Labute approximate surface area is 102 Å². The average Bonchev–Trinajstić information content (AvgIpc) is 2.16. The molecule has 16 heavy (non-hydrogen) atoms. The zero-order chi connectivity index (χ0) is 12.1. The van der Waals surface area contributed by atoms with Gasteiger partial charge >= 0.3 is 6.01 Å². The molecule has 1 aromatic heterocycles. The van der Waals surface area contributed by atoms with E-state index in [1.165, 1.54) is 0 Å². The molecule has 1 unspecified atom stereocenters. The normalized spacial score (nSPS) is 12.9. The molecule has 0 aliphatic carbocycles. The van der Waals surface area contributed by atoms with Crippen molar-refractivity contribution >= 4 is 11.6 Å². The Morgan fingerprint density at radius 1 is 1.38 bits per heavy atom.